The first-order valence-electron chi connectivity index (χ1n) is 14.6. The second kappa shape index (κ2) is 11.0. The molecule has 0 spiro atoms. The first-order valence-corrected chi connectivity index (χ1v) is 14.6. The summed E-state index contributed by atoms with van der Waals surface area (Å²) in [6.07, 6.45) is 0.708. The van der Waals surface area contributed by atoms with Crippen molar-refractivity contribution in [3.8, 4) is 34.5 Å². The number of hydrogen-bond acceptors (Lipinski definition) is 8. The van der Waals surface area contributed by atoms with Crippen LogP contribution in [-0.4, -0.2) is 50.6 Å². The van der Waals surface area contributed by atoms with E-state index in [0.717, 1.165) is 17.5 Å². The van der Waals surface area contributed by atoms with Crippen molar-refractivity contribution in [2.24, 2.45) is 17.6 Å². The van der Waals surface area contributed by atoms with Crippen LogP contribution in [0.3, 0.4) is 0 Å². The topological polar surface area (TPSA) is 167 Å². The quantitative estimate of drug-likeness (QED) is 0.219. The van der Waals surface area contributed by atoms with Crippen LogP contribution in [0.2, 0.25) is 0 Å². The molecule has 0 saturated heterocycles. The lowest BCUT2D eigenvalue weighted by atomic mass is 9.59. The first-order chi connectivity index (χ1) is 21.5. The summed E-state index contributed by atoms with van der Waals surface area (Å²) in [5.74, 6) is -0.0838. The van der Waals surface area contributed by atoms with Gasteiger partial charge in [0.25, 0.3) is 5.91 Å². The van der Waals surface area contributed by atoms with E-state index in [9.17, 15) is 34.8 Å². The highest BCUT2D eigenvalue weighted by atomic mass is 16.5. The number of amides is 1. The van der Waals surface area contributed by atoms with Crippen LogP contribution in [0.1, 0.15) is 47.6 Å². The van der Waals surface area contributed by atoms with Gasteiger partial charge in [-0.3, -0.25) is 14.4 Å². The van der Waals surface area contributed by atoms with Gasteiger partial charge in [-0.1, -0.05) is 43.0 Å². The molecular formula is C36H31NO8. The number of nitrogens with two attached hydrogens (primary N) is 1. The van der Waals surface area contributed by atoms with Crippen LogP contribution in [0.25, 0.3) is 16.9 Å². The number of aryl methyl sites for hydroxylation is 1. The summed E-state index contributed by atoms with van der Waals surface area (Å²) < 4.78 is 5.20. The maximum atomic E-state index is 14.0. The molecule has 3 aromatic carbocycles. The number of phenolic OH excluding ortho intramolecular Hbond substituents is 1. The number of aliphatic hydroxyl groups is 3. The van der Waals surface area contributed by atoms with Gasteiger partial charge in [0, 0.05) is 23.5 Å². The van der Waals surface area contributed by atoms with Crippen LogP contribution in [-0.2, 0) is 27.2 Å². The molecule has 0 radical (unpaired) electrons. The van der Waals surface area contributed by atoms with Gasteiger partial charge in [-0.05, 0) is 77.8 Å². The highest BCUT2D eigenvalue weighted by molar-refractivity contribution is 6.22. The number of aromatic hydroxyl groups is 1. The van der Waals surface area contributed by atoms with Crippen molar-refractivity contribution < 1.29 is 39.5 Å². The highest BCUT2D eigenvalue weighted by Gasteiger charge is 2.60. The molecule has 1 saturated carbocycles. The number of methoxy groups -OCH3 is 1. The standard InChI is InChI=1S/C36H31NO8/c1-3-18-4-9-20(10-5-18)25-15-21(11-6-19-7-12-24(45-2)13-8-19)31(39)29-26(25)16-22-14-23-17-27(38)30(35(37)43)34(42)36(23,44)33(41)28(22)32(29)40/h4-5,7-10,12-13,15,22-23,39-40,42,44H,3,14,16-17H2,1-2H3,(H2,37,43)/t22-,23+,36+/m1/s1. The molecule has 6 rings (SSSR count). The Balaban J connectivity index is 1.55. The zero-order valence-electron chi connectivity index (χ0n) is 24.7. The first kappa shape index (κ1) is 29.7. The Morgan fingerprint density at radius 2 is 1.71 bits per heavy atom. The van der Waals surface area contributed by atoms with Crippen molar-refractivity contribution in [1.82, 2.24) is 0 Å². The number of Topliss-reactive ketones (excluding diaryl/α,β-unsaturated/α-hetero) is 2. The van der Waals surface area contributed by atoms with E-state index in [1.54, 1.807) is 37.4 Å². The van der Waals surface area contributed by atoms with Gasteiger partial charge in [-0.25, -0.2) is 0 Å². The molecule has 6 N–H and O–H groups in total. The number of ketones is 2. The van der Waals surface area contributed by atoms with E-state index in [4.69, 9.17) is 10.5 Å². The average Bonchev–Trinajstić information content (AvgIpc) is 3.02. The Bertz CT molecular complexity index is 1910. The number of rotatable bonds is 4. The smallest absolute Gasteiger partial charge is 0.255 e. The third-order valence-electron chi connectivity index (χ3n) is 9.17. The number of ether oxygens (including phenoxy) is 1. The molecular weight excluding hydrogens is 574 g/mol. The number of carbonyl (C=O) groups excluding carboxylic acids is 3. The second-order valence-electron chi connectivity index (χ2n) is 11.6. The second-order valence-corrected chi connectivity index (χ2v) is 11.6. The van der Waals surface area contributed by atoms with Crippen molar-refractivity contribution in [1.29, 1.82) is 0 Å². The molecule has 3 atom stereocenters. The van der Waals surface area contributed by atoms with Crippen molar-refractivity contribution in [2.75, 3.05) is 7.11 Å². The predicted octanol–water partition coefficient (Wildman–Crippen LogP) is 4.06. The Morgan fingerprint density at radius 1 is 1.02 bits per heavy atom. The van der Waals surface area contributed by atoms with Crippen LogP contribution in [0.4, 0.5) is 0 Å². The van der Waals surface area contributed by atoms with Gasteiger partial charge in [-0.2, -0.15) is 0 Å². The van der Waals surface area contributed by atoms with E-state index in [2.05, 4.69) is 11.8 Å². The molecule has 0 aliphatic heterocycles. The third kappa shape index (κ3) is 4.66. The van der Waals surface area contributed by atoms with Gasteiger partial charge in [-0.15, -0.1) is 0 Å². The van der Waals surface area contributed by atoms with Gasteiger partial charge >= 0.3 is 0 Å². The summed E-state index contributed by atoms with van der Waals surface area (Å²) >= 11 is 0. The van der Waals surface area contributed by atoms with Crippen molar-refractivity contribution in [3.63, 3.8) is 0 Å². The average molecular weight is 606 g/mol. The third-order valence-corrected chi connectivity index (χ3v) is 9.17. The molecule has 0 heterocycles. The lowest BCUT2D eigenvalue weighted by molar-refractivity contribution is -0.147. The summed E-state index contributed by atoms with van der Waals surface area (Å²) in [5.41, 5.74) is 5.70. The molecule has 45 heavy (non-hydrogen) atoms. The van der Waals surface area contributed by atoms with Gasteiger partial charge in [0.2, 0.25) is 5.78 Å². The summed E-state index contributed by atoms with van der Waals surface area (Å²) in [4.78, 5) is 38.6. The normalized spacial score (nSPS) is 22.2. The monoisotopic (exact) mass is 605 g/mol. The molecule has 9 heteroatoms. The fourth-order valence-electron chi connectivity index (χ4n) is 6.78. The Labute approximate surface area is 259 Å². The van der Waals surface area contributed by atoms with E-state index < -0.39 is 52.0 Å². The minimum Gasteiger partial charge on any atom is -0.508 e. The Morgan fingerprint density at radius 3 is 2.33 bits per heavy atom. The maximum absolute atomic E-state index is 14.0. The van der Waals surface area contributed by atoms with E-state index in [1.165, 1.54) is 0 Å². The predicted molar refractivity (Wildman–Crippen MR) is 165 cm³/mol. The van der Waals surface area contributed by atoms with Crippen LogP contribution in [0, 0.1) is 23.7 Å². The zero-order chi connectivity index (χ0) is 32.2. The van der Waals surface area contributed by atoms with E-state index in [0.29, 0.717) is 22.4 Å². The molecule has 228 valence electrons. The number of carbonyl (C=O) groups is 3. The summed E-state index contributed by atoms with van der Waals surface area (Å²) in [6, 6.07) is 16.7. The number of hydrogen-bond donors (Lipinski definition) is 5. The van der Waals surface area contributed by atoms with E-state index in [-0.39, 0.29) is 41.7 Å². The molecule has 0 unspecified atom stereocenters. The highest BCUT2D eigenvalue weighted by Crippen LogP contribution is 2.53. The molecule has 0 bridgehead atoms. The minimum absolute atomic E-state index is 0.00164. The van der Waals surface area contributed by atoms with Crippen LogP contribution in [0.5, 0.6) is 11.5 Å². The lowest BCUT2D eigenvalue weighted by Crippen LogP contribution is -2.58. The Kier molecular flexibility index (Phi) is 7.26. The van der Waals surface area contributed by atoms with Gasteiger partial charge in [0.15, 0.2) is 11.4 Å². The fraction of sp³-hybridized carbons (Fsp3) is 0.250. The number of fused-ring (bicyclic) bond motifs is 3. The number of phenols is 1. The number of primary amides is 1. The molecule has 3 aromatic rings. The molecule has 9 nitrogen and oxygen atoms in total. The summed E-state index contributed by atoms with van der Waals surface area (Å²) in [6.45, 7) is 2.05. The fourth-order valence-corrected chi connectivity index (χ4v) is 6.78. The van der Waals surface area contributed by atoms with Crippen molar-refractivity contribution in [3.05, 3.63) is 99.3 Å². The van der Waals surface area contributed by atoms with Gasteiger partial charge in [0.05, 0.1) is 18.2 Å². The van der Waals surface area contributed by atoms with Gasteiger partial charge < -0.3 is 30.9 Å². The van der Waals surface area contributed by atoms with Crippen LogP contribution < -0.4 is 10.5 Å². The number of benzene rings is 3. The SMILES string of the molecule is CCc1ccc(-c2cc(C#Cc3ccc(OC)cc3)c(O)c3c2C[C@H]2C[C@H]4CC(=O)C(C(N)=O)=C(O)[C@@]4(O)C(=O)C2=C3O)cc1. The minimum atomic E-state index is -2.63. The van der Waals surface area contributed by atoms with Gasteiger partial charge in [0.1, 0.15) is 28.6 Å². The van der Waals surface area contributed by atoms with E-state index >= 15 is 0 Å². The summed E-state index contributed by atoms with van der Waals surface area (Å²) in [7, 11) is 1.56. The Hall–Kier alpha value is -5.33. The van der Waals surface area contributed by atoms with Crippen molar-refractivity contribution in [2.45, 2.75) is 38.2 Å². The molecule has 0 aromatic heterocycles. The zero-order valence-corrected chi connectivity index (χ0v) is 24.7. The molecule has 3 aliphatic carbocycles. The number of aliphatic hydroxyl groups excluding tert-OH is 2. The largest absolute Gasteiger partial charge is 0.508 e. The van der Waals surface area contributed by atoms with Crippen molar-refractivity contribution >= 4 is 23.2 Å². The molecule has 1 fully saturated rings. The molecule has 1 amide bonds. The maximum Gasteiger partial charge on any atom is 0.255 e. The van der Waals surface area contributed by atoms with E-state index in [1.807, 2.05) is 31.2 Å². The summed E-state index contributed by atoms with van der Waals surface area (Å²) in [5, 5.41) is 45.7. The van der Waals surface area contributed by atoms with Crippen LogP contribution in [0.15, 0.2) is 71.5 Å². The lowest BCUT2D eigenvalue weighted by Gasteiger charge is -2.46. The van der Waals surface area contributed by atoms with Crippen LogP contribution >= 0.6 is 0 Å². The molecule has 3 aliphatic rings.